The molecule has 0 aliphatic heterocycles. The Bertz CT molecular complexity index is 753. The number of furan rings is 1. The molecule has 132 valence electrons. The highest BCUT2D eigenvalue weighted by Crippen LogP contribution is 2.28. The van der Waals surface area contributed by atoms with Gasteiger partial charge in [0, 0.05) is 12.6 Å². The van der Waals surface area contributed by atoms with Crippen LogP contribution < -0.4 is 10.1 Å². The molecule has 1 saturated carbocycles. The summed E-state index contributed by atoms with van der Waals surface area (Å²) in [7, 11) is 1.62. The fourth-order valence-electron chi connectivity index (χ4n) is 2.52. The summed E-state index contributed by atoms with van der Waals surface area (Å²) in [6.07, 6.45) is 2.00. The minimum atomic E-state index is -0.403. The van der Waals surface area contributed by atoms with Gasteiger partial charge in [0.15, 0.2) is 10.4 Å². The Labute approximate surface area is 154 Å². The topological polar surface area (TPSA) is 71.8 Å². The summed E-state index contributed by atoms with van der Waals surface area (Å²) >= 11 is 3.15. The molecule has 2 amide bonds. The summed E-state index contributed by atoms with van der Waals surface area (Å²) < 4.78 is 10.8. The number of rotatable bonds is 7. The number of nitrogens with zero attached hydrogens (tertiary/aromatic N) is 1. The summed E-state index contributed by atoms with van der Waals surface area (Å²) in [5.41, 5.74) is 1.03. The Morgan fingerprint density at radius 2 is 1.96 bits per heavy atom. The van der Waals surface area contributed by atoms with Gasteiger partial charge in [0.2, 0.25) is 5.91 Å². The van der Waals surface area contributed by atoms with Gasteiger partial charge in [0.1, 0.15) is 5.75 Å². The van der Waals surface area contributed by atoms with E-state index in [1.165, 1.54) is 0 Å². The van der Waals surface area contributed by atoms with Gasteiger partial charge in [-0.2, -0.15) is 0 Å². The number of amides is 2. The third-order valence-electron chi connectivity index (χ3n) is 4.02. The van der Waals surface area contributed by atoms with Crippen molar-refractivity contribution in [3.05, 3.63) is 52.4 Å². The van der Waals surface area contributed by atoms with Crippen LogP contribution in [0.15, 0.2) is 45.5 Å². The van der Waals surface area contributed by atoms with E-state index in [2.05, 4.69) is 21.2 Å². The molecule has 3 rings (SSSR count). The van der Waals surface area contributed by atoms with Gasteiger partial charge in [-0.15, -0.1) is 0 Å². The van der Waals surface area contributed by atoms with Crippen LogP contribution in [0.1, 0.15) is 29.0 Å². The fourth-order valence-corrected chi connectivity index (χ4v) is 2.82. The molecule has 0 unspecified atom stereocenters. The Kier molecular flexibility index (Phi) is 5.43. The Hall–Kier alpha value is -2.28. The summed E-state index contributed by atoms with van der Waals surface area (Å²) in [5, 5.41) is 2.61. The molecule has 0 bridgehead atoms. The highest BCUT2D eigenvalue weighted by atomic mass is 79.9. The van der Waals surface area contributed by atoms with Crippen LogP contribution in [-0.2, 0) is 11.3 Å². The van der Waals surface area contributed by atoms with E-state index < -0.39 is 5.91 Å². The number of benzene rings is 1. The normalized spacial score (nSPS) is 13.4. The molecule has 1 aliphatic carbocycles. The molecule has 0 radical (unpaired) electrons. The van der Waals surface area contributed by atoms with Crippen molar-refractivity contribution in [2.24, 2.45) is 0 Å². The lowest BCUT2D eigenvalue weighted by Gasteiger charge is -2.23. The lowest BCUT2D eigenvalue weighted by atomic mass is 10.2. The number of hydrogen-bond acceptors (Lipinski definition) is 4. The predicted molar refractivity (Wildman–Crippen MR) is 95.3 cm³/mol. The monoisotopic (exact) mass is 406 g/mol. The Morgan fingerprint density at radius 1 is 1.24 bits per heavy atom. The van der Waals surface area contributed by atoms with E-state index in [-0.39, 0.29) is 24.3 Å². The van der Waals surface area contributed by atoms with Crippen molar-refractivity contribution >= 4 is 27.7 Å². The van der Waals surface area contributed by atoms with Crippen LogP contribution in [-0.4, -0.2) is 36.4 Å². The Balaban J connectivity index is 1.58. The van der Waals surface area contributed by atoms with Crippen molar-refractivity contribution < 1.29 is 18.7 Å². The van der Waals surface area contributed by atoms with Crippen molar-refractivity contribution in [1.29, 1.82) is 0 Å². The van der Waals surface area contributed by atoms with E-state index in [1.54, 1.807) is 19.2 Å². The highest BCUT2D eigenvalue weighted by Gasteiger charge is 2.32. The first-order valence-electron chi connectivity index (χ1n) is 8.03. The molecule has 25 heavy (non-hydrogen) atoms. The molecule has 0 saturated heterocycles. The quantitative estimate of drug-likeness (QED) is 0.766. The number of hydrogen-bond donors (Lipinski definition) is 1. The minimum Gasteiger partial charge on any atom is -0.497 e. The van der Waals surface area contributed by atoms with Gasteiger partial charge >= 0.3 is 0 Å². The molecule has 0 atom stereocenters. The first-order valence-corrected chi connectivity index (χ1v) is 8.82. The van der Waals surface area contributed by atoms with Crippen LogP contribution in [0.25, 0.3) is 0 Å². The Morgan fingerprint density at radius 3 is 2.52 bits per heavy atom. The van der Waals surface area contributed by atoms with E-state index in [0.29, 0.717) is 11.2 Å². The maximum absolute atomic E-state index is 12.5. The maximum Gasteiger partial charge on any atom is 0.287 e. The van der Waals surface area contributed by atoms with Crippen LogP contribution >= 0.6 is 15.9 Å². The SMILES string of the molecule is COc1ccc(CN(C(=O)CNC(=O)c2ccc(Br)o2)C2CC2)cc1. The molecule has 2 aromatic rings. The molecule has 6 nitrogen and oxygen atoms in total. The van der Waals surface area contributed by atoms with Gasteiger partial charge in [0.05, 0.1) is 13.7 Å². The van der Waals surface area contributed by atoms with Crippen molar-refractivity contribution in [1.82, 2.24) is 10.2 Å². The van der Waals surface area contributed by atoms with E-state index in [0.717, 1.165) is 24.2 Å². The zero-order valence-corrected chi connectivity index (χ0v) is 15.4. The summed E-state index contributed by atoms with van der Waals surface area (Å²) in [6.45, 7) is 0.472. The number of ether oxygens (including phenoxy) is 1. The molecule has 1 N–H and O–H groups in total. The number of halogens is 1. The highest BCUT2D eigenvalue weighted by molar-refractivity contribution is 9.10. The van der Waals surface area contributed by atoms with Gasteiger partial charge in [-0.25, -0.2) is 0 Å². The van der Waals surface area contributed by atoms with Crippen LogP contribution in [0, 0.1) is 0 Å². The van der Waals surface area contributed by atoms with Gasteiger partial charge < -0.3 is 19.4 Å². The molecular formula is C18H19BrN2O4. The first kappa shape index (κ1) is 17.5. The van der Waals surface area contributed by atoms with Gasteiger partial charge in [-0.3, -0.25) is 9.59 Å². The van der Waals surface area contributed by atoms with Crippen LogP contribution in [0.5, 0.6) is 5.75 Å². The van der Waals surface area contributed by atoms with Gasteiger partial charge in [-0.1, -0.05) is 12.1 Å². The average Bonchev–Trinajstić information content (AvgIpc) is 3.38. The molecule has 1 aromatic carbocycles. The van der Waals surface area contributed by atoms with Crippen molar-refractivity contribution in [3.8, 4) is 5.75 Å². The second-order valence-electron chi connectivity index (χ2n) is 5.89. The smallest absolute Gasteiger partial charge is 0.287 e. The second kappa shape index (κ2) is 7.74. The number of carbonyl (C=O) groups excluding carboxylic acids is 2. The van der Waals surface area contributed by atoms with E-state index in [4.69, 9.17) is 9.15 Å². The molecule has 1 aliphatic rings. The van der Waals surface area contributed by atoms with Crippen molar-refractivity contribution in [2.45, 2.75) is 25.4 Å². The largest absolute Gasteiger partial charge is 0.497 e. The number of methoxy groups -OCH3 is 1. The predicted octanol–water partition coefficient (Wildman–Crippen LogP) is 2.97. The lowest BCUT2D eigenvalue weighted by Crippen LogP contribution is -2.41. The zero-order valence-electron chi connectivity index (χ0n) is 13.8. The van der Waals surface area contributed by atoms with E-state index in [1.807, 2.05) is 29.2 Å². The molecule has 1 heterocycles. The minimum absolute atomic E-state index is 0.0518. The molecule has 1 aromatic heterocycles. The number of nitrogens with one attached hydrogen (secondary N) is 1. The summed E-state index contributed by atoms with van der Waals surface area (Å²) in [5.74, 6) is 0.453. The van der Waals surface area contributed by atoms with E-state index >= 15 is 0 Å². The molecular weight excluding hydrogens is 388 g/mol. The fraction of sp³-hybridized carbons (Fsp3) is 0.333. The summed E-state index contributed by atoms with van der Waals surface area (Å²) in [6, 6.07) is 11.1. The second-order valence-corrected chi connectivity index (χ2v) is 6.67. The standard InChI is InChI=1S/C18H19BrN2O4/c1-24-14-6-2-12(3-7-14)11-21(13-4-5-13)17(22)10-20-18(23)15-8-9-16(19)25-15/h2-3,6-9,13H,4-5,10-11H2,1H3,(H,20,23). The summed E-state index contributed by atoms with van der Waals surface area (Å²) in [4.78, 5) is 26.3. The number of carbonyl (C=O) groups is 2. The third kappa shape index (κ3) is 4.63. The third-order valence-corrected chi connectivity index (χ3v) is 4.44. The zero-order chi connectivity index (χ0) is 17.8. The lowest BCUT2D eigenvalue weighted by molar-refractivity contribution is -0.131. The maximum atomic E-state index is 12.5. The van der Waals surface area contributed by atoms with Crippen molar-refractivity contribution in [3.63, 3.8) is 0 Å². The molecule has 0 spiro atoms. The molecule has 1 fully saturated rings. The average molecular weight is 407 g/mol. The van der Waals surface area contributed by atoms with Gasteiger partial charge in [-0.05, 0) is 58.6 Å². The van der Waals surface area contributed by atoms with Crippen LogP contribution in [0.3, 0.4) is 0 Å². The van der Waals surface area contributed by atoms with Crippen LogP contribution in [0.2, 0.25) is 0 Å². The van der Waals surface area contributed by atoms with Gasteiger partial charge in [0.25, 0.3) is 5.91 Å². The van der Waals surface area contributed by atoms with Crippen LogP contribution in [0.4, 0.5) is 0 Å². The molecule has 7 heteroatoms. The van der Waals surface area contributed by atoms with Crippen molar-refractivity contribution in [2.75, 3.05) is 13.7 Å². The first-order chi connectivity index (χ1) is 12.1. The van der Waals surface area contributed by atoms with E-state index in [9.17, 15) is 9.59 Å².